The lowest BCUT2D eigenvalue weighted by Crippen LogP contribution is -3.13. The smallest absolute Gasteiger partial charge is 0.282 e. The van der Waals surface area contributed by atoms with Crippen molar-refractivity contribution in [3.8, 4) is 11.4 Å². The number of para-hydroxylation sites is 1. The van der Waals surface area contributed by atoms with Crippen LogP contribution >= 0.6 is 0 Å². The zero-order valence-electron chi connectivity index (χ0n) is 13.6. The normalized spacial score (nSPS) is 15.6. The highest BCUT2D eigenvalue weighted by atomic mass is 16.5. The minimum absolute atomic E-state index is 0.674. The van der Waals surface area contributed by atoms with Gasteiger partial charge in [0.15, 0.2) is 6.54 Å². The first kappa shape index (κ1) is 14.9. The van der Waals surface area contributed by atoms with Gasteiger partial charge < -0.3 is 14.3 Å². The number of nitrogens with one attached hydrogen (secondary N) is 1. The summed E-state index contributed by atoms with van der Waals surface area (Å²) >= 11 is 0. The molecule has 5 heteroatoms. The van der Waals surface area contributed by atoms with E-state index in [1.807, 2.05) is 30.3 Å². The second-order valence-electron chi connectivity index (χ2n) is 6.13. The van der Waals surface area contributed by atoms with Gasteiger partial charge in [-0.3, -0.25) is 0 Å². The number of aromatic nitrogens is 2. The van der Waals surface area contributed by atoms with E-state index < -0.39 is 0 Å². The molecule has 0 spiro atoms. The average molecular weight is 321 g/mol. The fourth-order valence-corrected chi connectivity index (χ4v) is 3.14. The van der Waals surface area contributed by atoms with Crippen LogP contribution in [-0.4, -0.2) is 36.3 Å². The zero-order valence-corrected chi connectivity index (χ0v) is 13.6. The quantitative estimate of drug-likeness (QED) is 0.794. The Bertz CT molecular complexity index is 764. The molecule has 1 aliphatic heterocycles. The lowest BCUT2D eigenvalue weighted by Gasteiger charge is -2.33. The summed E-state index contributed by atoms with van der Waals surface area (Å²) in [6.07, 6.45) is 0. The molecule has 1 aromatic heterocycles. The maximum absolute atomic E-state index is 5.44. The van der Waals surface area contributed by atoms with Crippen molar-refractivity contribution in [2.75, 3.05) is 31.1 Å². The molecule has 0 amide bonds. The fraction of sp³-hybridized carbons (Fsp3) is 0.263. The van der Waals surface area contributed by atoms with Crippen molar-refractivity contribution in [2.24, 2.45) is 0 Å². The summed E-state index contributed by atoms with van der Waals surface area (Å²) in [5.41, 5.74) is 2.30. The van der Waals surface area contributed by atoms with Crippen LogP contribution in [0.3, 0.4) is 0 Å². The Labute approximate surface area is 141 Å². The van der Waals surface area contributed by atoms with Crippen LogP contribution in [0.2, 0.25) is 0 Å². The van der Waals surface area contributed by atoms with Gasteiger partial charge in [-0.05, 0) is 12.1 Å². The van der Waals surface area contributed by atoms with Gasteiger partial charge >= 0.3 is 0 Å². The molecule has 1 N–H and O–H groups in total. The largest absolute Gasteiger partial charge is 0.360 e. The minimum Gasteiger partial charge on any atom is -0.360 e. The summed E-state index contributed by atoms with van der Waals surface area (Å²) in [5.74, 6) is 1.39. The third-order valence-corrected chi connectivity index (χ3v) is 4.49. The highest BCUT2D eigenvalue weighted by molar-refractivity contribution is 5.53. The van der Waals surface area contributed by atoms with E-state index in [-0.39, 0.29) is 0 Å². The summed E-state index contributed by atoms with van der Waals surface area (Å²) in [5, 5.41) is 4.10. The molecule has 2 heterocycles. The molecule has 1 aliphatic rings. The summed E-state index contributed by atoms with van der Waals surface area (Å²) in [7, 11) is 0. The van der Waals surface area contributed by atoms with Crippen LogP contribution in [-0.2, 0) is 6.54 Å². The molecule has 1 saturated heterocycles. The molecule has 0 aliphatic carbocycles. The zero-order chi connectivity index (χ0) is 16.2. The van der Waals surface area contributed by atoms with E-state index in [9.17, 15) is 0 Å². The van der Waals surface area contributed by atoms with Crippen molar-refractivity contribution >= 4 is 5.69 Å². The topological polar surface area (TPSA) is 46.6 Å². The van der Waals surface area contributed by atoms with Crippen molar-refractivity contribution in [1.29, 1.82) is 0 Å². The number of anilines is 1. The van der Waals surface area contributed by atoms with Crippen LogP contribution < -0.4 is 9.80 Å². The maximum atomic E-state index is 5.44. The third kappa shape index (κ3) is 3.31. The number of benzene rings is 2. The Morgan fingerprint density at radius 3 is 2.29 bits per heavy atom. The van der Waals surface area contributed by atoms with Crippen molar-refractivity contribution in [3.05, 3.63) is 66.6 Å². The van der Waals surface area contributed by atoms with Gasteiger partial charge in [0, 0.05) is 11.3 Å². The molecule has 0 unspecified atom stereocenters. The Balaban J connectivity index is 1.35. The number of piperazine rings is 1. The van der Waals surface area contributed by atoms with E-state index >= 15 is 0 Å². The van der Waals surface area contributed by atoms with Gasteiger partial charge in [-0.25, -0.2) is 0 Å². The van der Waals surface area contributed by atoms with Crippen LogP contribution in [0.15, 0.2) is 65.2 Å². The van der Waals surface area contributed by atoms with Crippen molar-refractivity contribution in [3.63, 3.8) is 0 Å². The van der Waals surface area contributed by atoms with Gasteiger partial charge in [-0.15, -0.1) is 0 Å². The summed E-state index contributed by atoms with van der Waals surface area (Å²) in [4.78, 5) is 8.47. The molecule has 0 saturated carbocycles. The van der Waals surface area contributed by atoms with Gasteiger partial charge in [-0.2, -0.15) is 4.98 Å². The minimum atomic E-state index is 0.674. The predicted octanol–water partition coefficient (Wildman–Crippen LogP) is 1.64. The van der Waals surface area contributed by atoms with Gasteiger partial charge in [-0.1, -0.05) is 53.7 Å². The molecule has 3 aromatic rings. The van der Waals surface area contributed by atoms with Gasteiger partial charge in [0.1, 0.15) is 0 Å². The van der Waals surface area contributed by atoms with E-state index in [4.69, 9.17) is 4.52 Å². The predicted molar refractivity (Wildman–Crippen MR) is 92.8 cm³/mol. The van der Waals surface area contributed by atoms with Gasteiger partial charge in [0.2, 0.25) is 5.82 Å². The summed E-state index contributed by atoms with van der Waals surface area (Å²) in [6, 6.07) is 20.6. The molecular formula is C19H21N4O+. The lowest BCUT2D eigenvalue weighted by atomic mass is 10.2. The number of hydrogen-bond donors (Lipinski definition) is 1. The first-order chi connectivity index (χ1) is 11.9. The lowest BCUT2D eigenvalue weighted by molar-refractivity contribution is -0.915. The van der Waals surface area contributed by atoms with Gasteiger partial charge in [0.05, 0.1) is 26.2 Å². The van der Waals surface area contributed by atoms with Crippen LogP contribution in [0.5, 0.6) is 0 Å². The van der Waals surface area contributed by atoms with E-state index in [2.05, 4.69) is 45.4 Å². The van der Waals surface area contributed by atoms with Crippen LogP contribution in [0.1, 0.15) is 5.89 Å². The Hall–Kier alpha value is -2.66. The number of quaternary nitrogens is 1. The molecule has 2 aromatic carbocycles. The molecule has 4 rings (SSSR count). The van der Waals surface area contributed by atoms with Crippen LogP contribution in [0.25, 0.3) is 11.4 Å². The second-order valence-corrected chi connectivity index (χ2v) is 6.13. The highest BCUT2D eigenvalue weighted by Crippen LogP contribution is 2.15. The number of hydrogen-bond acceptors (Lipinski definition) is 4. The summed E-state index contributed by atoms with van der Waals surface area (Å²) in [6.45, 7) is 5.07. The van der Waals surface area contributed by atoms with E-state index in [1.54, 1.807) is 0 Å². The molecule has 122 valence electrons. The van der Waals surface area contributed by atoms with E-state index in [0.29, 0.717) is 5.82 Å². The first-order valence-corrected chi connectivity index (χ1v) is 8.40. The van der Waals surface area contributed by atoms with Crippen LogP contribution in [0.4, 0.5) is 5.69 Å². The third-order valence-electron chi connectivity index (χ3n) is 4.49. The van der Waals surface area contributed by atoms with E-state index in [1.165, 1.54) is 10.6 Å². The highest BCUT2D eigenvalue weighted by Gasteiger charge is 2.22. The van der Waals surface area contributed by atoms with Crippen molar-refractivity contribution < 1.29 is 9.42 Å². The Morgan fingerprint density at radius 1 is 0.917 bits per heavy atom. The number of rotatable bonds is 4. The fourth-order valence-electron chi connectivity index (χ4n) is 3.14. The summed E-state index contributed by atoms with van der Waals surface area (Å²) < 4.78 is 5.44. The SMILES string of the molecule is c1ccc(-c2noc(C[NH+]3CCN(c4ccccc4)CC3)n2)cc1. The molecule has 0 radical (unpaired) electrons. The first-order valence-electron chi connectivity index (χ1n) is 8.40. The van der Waals surface area contributed by atoms with Crippen LogP contribution in [0, 0.1) is 0 Å². The van der Waals surface area contributed by atoms with E-state index in [0.717, 1.165) is 44.2 Å². The monoisotopic (exact) mass is 321 g/mol. The second kappa shape index (κ2) is 6.84. The van der Waals surface area contributed by atoms with Crippen molar-refractivity contribution in [2.45, 2.75) is 6.54 Å². The Morgan fingerprint density at radius 2 is 1.58 bits per heavy atom. The van der Waals surface area contributed by atoms with Gasteiger partial charge in [0.25, 0.3) is 5.89 Å². The molecule has 0 bridgehead atoms. The molecule has 1 fully saturated rings. The number of nitrogens with zero attached hydrogens (tertiary/aromatic N) is 3. The standard InChI is InChI=1S/C19H20N4O/c1-3-7-16(8-4-1)19-20-18(24-21-19)15-22-11-13-23(14-12-22)17-9-5-2-6-10-17/h1-10H,11-15H2/p+1. The molecular weight excluding hydrogens is 300 g/mol. The average Bonchev–Trinajstić information content (AvgIpc) is 3.12. The molecule has 5 nitrogen and oxygen atoms in total. The Kier molecular flexibility index (Phi) is 4.25. The maximum Gasteiger partial charge on any atom is 0.282 e. The molecule has 24 heavy (non-hydrogen) atoms. The van der Waals surface area contributed by atoms with Crippen molar-refractivity contribution in [1.82, 2.24) is 10.1 Å². The molecule has 0 atom stereocenters.